The molecule has 2 fully saturated rings. The Hall–Kier alpha value is -0.240. The van der Waals surface area contributed by atoms with Crippen LogP contribution in [0.5, 0.6) is 0 Å². The molecule has 28 heavy (non-hydrogen) atoms. The van der Waals surface area contributed by atoms with Crippen LogP contribution in [0.15, 0.2) is 0 Å². The molecule has 0 aromatic rings. The van der Waals surface area contributed by atoms with Crippen LogP contribution in [0.25, 0.3) is 0 Å². The van der Waals surface area contributed by atoms with Crippen molar-refractivity contribution in [2.75, 3.05) is 13.2 Å². The van der Waals surface area contributed by atoms with Crippen LogP contribution in [0, 0.1) is 0 Å². The predicted octanol–water partition coefficient (Wildman–Crippen LogP) is 3.12. The molecule has 0 aromatic heterocycles. The van der Waals surface area contributed by atoms with E-state index < -0.39 is 0 Å². The van der Waals surface area contributed by atoms with Crippen molar-refractivity contribution in [2.45, 2.75) is 128 Å². The van der Waals surface area contributed by atoms with Crippen molar-refractivity contribution in [2.24, 2.45) is 0 Å². The first-order chi connectivity index (χ1) is 12.7. The third-order valence-corrected chi connectivity index (χ3v) is 6.58. The highest BCUT2D eigenvalue weighted by Gasteiger charge is 2.49. The van der Waals surface area contributed by atoms with E-state index >= 15 is 0 Å². The lowest BCUT2D eigenvalue weighted by Crippen LogP contribution is -2.60. The lowest BCUT2D eigenvalue weighted by atomic mass is 9.80. The van der Waals surface area contributed by atoms with Crippen molar-refractivity contribution in [3.8, 4) is 0 Å². The Balaban J connectivity index is 1.67. The van der Waals surface area contributed by atoms with Crippen molar-refractivity contribution in [3.05, 3.63) is 0 Å². The molecular formula is C22H46N2O4+2. The van der Waals surface area contributed by atoms with Gasteiger partial charge in [0.05, 0.1) is 34.4 Å². The Morgan fingerprint density at radius 2 is 0.857 bits per heavy atom. The molecule has 0 unspecified atom stereocenters. The zero-order valence-corrected chi connectivity index (χ0v) is 19.5. The summed E-state index contributed by atoms with van der Waals surface area (Å²) in [5, 5.41) is 20.2. The van der Waals surface area contributed by atoms with E-state index in [9.17, 15) is 0 Å². The number of hydrogen-bond acceptors (Lipinski definition) is 4. The molecule has 166 valence electrons. The summed E-state index contributed by atoms with van der Waals surface area (Å²) in [5.41, 5.74) is -0.604. The fourth-order valence-corrected chi connectivity index (χ4v) is 5.32. The molecule has 0 radical (unpaired) electrons. The van der Waals surface area contributed by atoms with Crippen molar-refractivity contribution >= 4 is 0 Å². The molecule has 2 aliphatic rings. The zero-order valence-electron chi connectivity index (χ0n) is 19.5. The summed E-state index contributed by atoms with van der Waals surface area (Å²) < 4.78 is 12.4. The predicted molar refractivity (Wildman–Crippen MR) is 114 cm³/mol. The standard InChI is InChI=1S/C22H44N2O4/c1-19(2)13-17(14-20(3,4)23(19)25)27-11-9-10-12-28-18-15-21(5,6)24(26)22(7,8)16-18/h17-18,25-26H,9-16H2,1-8H3/p+2. The minimum absolute atomic E-state index is 0.151. The van der Waals surface area contributed by atoms with Crippen LogP contribution in [-0.4, -0.2) is 68.1 Å². The Bertz CT molecular complexity index is 437. The molecule has 0 saturated carbocycles. The minimum atomic E-state index is -0.151. The van der Waals surface area contributed by atoms with E-state index in [2.05, 4.69) is 55.4 Å². The normalized spacial score (nSPS) is 28.5. The smallest absolute Gasteiger partial charge is 0.0859 e. The zero-order chi connectivity index (χ0) is 21.4. The molecule has 0 bridgehead atoms. The second kappa shape index (κ2) is 8.48. The molecule has 6 nitrogen and oxygen atoms in total. The maximum atomic E-state index is 8.35. The van der Waals surface area contributed by atoms with Gasteiger partial charge >= 0.3 is 0 Å². The van der Waals surface area contributed by atoms with Crippen molar-refractivity contribution in [1.82, 2.24) is 10.1 Å². The van der Waals surface area contributed by atoms with Gasteiger partial charge in [0.2, 0.25) is 0 Å². The van der Waals surface area contributed by atoms with Gasteiger partial charge in [0, 0.05) is 13.2 Å². The van der Waals surface area contributed by atoms with Crippen molar-refractivity contribution in [3.63, 3.8) is 0 Å². The number of hydrogen-bond donors (Lipinski definition) is 0. The third kappa shape index (κ3) is 5.67. The Morgan fingerprint density at radius 1 is 0.607 bits per heavy atom. The fraction of sp³-hybridized carbons (Fsp3) is 1.00. The number of hydroxylamine groups is 4. The van der Waals surface area contributed by atoms with Gasteiger partial charge in [0.15, 0.2) is 0 Å². The summed E-state index contributed by atoms with van der Waals surface area (Å²) >= 11 is 0. The van der Waals surface area contributed by atoms with Crippen LogP contribution >= 0.6 is 0 Å². The van der Waals surface area contributed by atoms with Crippen LogP contribution in [0.3, 0.4) is 0 Å². The SMILES string of the molecule is CC1(C)CC(OCCCCOC2CC(C)(C)N([OH2+])C(C)(C)C2)CC(C)(C)N1[OH2+]. The van der Waals surface area contributed by atoms with Gasteiger partial charge in [0.25, 0.3) is 0 Å². The Morgan fingerprint density at radius 3 is 1.11 bits per heavy atom. The summed E-state index contributed by atoms with van der Waals surface area (Å²) in [6.45, 7) is 18.6. The van der Waals surface area contributed by atoms with Gasteiger partial charge in [-0.2, -0.15) is 0 Å². The van der Waals surface area contributed by atoms with E-state index in [0.717, 1.165) is 51.7 Å². The largest absolute Gasteiger partial charge is 0.378 e. The lowest BCUT2D eigenvalue weighted by Gasteiger charge is -2.47. The first-order valence-corrected chi connectivity index (χ1v) is 10.9. The topological polar surface area (TPSA) is 70.7 Å². The van der Waals surface area contributed by atoms with E-state index in [-0.39, 0.29) is 34.4 Å². The monoisotopic (exact) mass is 402 g/mol. The average Bonchev–Trinajstić information content (AvgIpc) is 2.52. The van der Waals surface area contributed by atoms with Gasteiger partial charge in [-0.1, -0.05) is 10.1 Å². The van der Waals surface area contributed by atoms with Crippen LogP contribution in [-0.2, 0) is 9.47 Å². The molecule has 6 heteroatoms. The first kappa shape index (κ1) is 24.0. The Kier molecular flexibility index (Phi) is 7.28. The third-order valence-electron chi connectivity index (χ3n) is 6.58. The molecule has 2 rings (SSSR count). The molecule has 0 aromatic carbocycles. The average molecular weight is 403 g/mol. The van der Waals surface area contributed by atoms with E-state index in [4.69, 9.17) is 19.9 Å². The maximum Gasteiger partial charge on any atom is 0.0859 e. The van der Waals surface area contributed by atoms with Crippen molar-refractivity contribution < 1.29 is 19.9 Å². The second-order valence-electron chi connectivity index (χ2n) is 11.4. The molecule has 0 aliphatic carbocycles. The summed E-state index contributed by atoms with van der Waals surface area (Å²) in [4.78, 5) is 0. The van der Waals surface area contributed by atoms with Crippen molar-refractivity contribution in [1.29, 1.82) is 0 Å². The fourth-order valence-electron chi connectivity index (χ4n) is 5.32. The van der Waals surface area contributed by atoms with Crippen LogP contribution in [0.2, 0.25) is 0 Å². The molecule has 4 N–H and O–H groups in total. The molecule has 0 atom stereocenters. The van der Waals surface area contributed by atoms with Crippen LogP contribution < -0.4 is 0 Å². The molecule has 0 amide bonds. The van der Waals surface area contributed by atoms with Gasteiger partial charge in [-0.15, -0.1) is 0 Å². The van der Waals surface area contributed by atoms with Gasteiger partial charge < -0.3 is 19.9 Å². The van der Waals surface area contributed by atoms with Gasteiger partial charge in [-0.3, -0.25) is 0 Å². The lowest BCUT2D eigenvalue weighted by molar-refractivity contribution is -0.262. The number of unbranched alkanes of at least 4 members (excludes halogenated alkanes) is 1. The summed E-state index contributed by atoms with van der Waals surface area (Å²) in [5.74, 6) is 0. The Labute approximate surface area is 172 Å². The van der Waals surface area contributed by atoms with Gasteiger partial charge in [-0.05, 0) is 93.9 Å². The van der Waals surface area contributed by atoms with E-state index in [1.54, 1.807) is 10.1 Å². The molecule has 2 saturated heterocycles. The first-order valence-electron chi connectivity index (χ1n) is 10.9. The number of piperidine rings is 2. The summed E-state index contributed by atoms with van der Waals surface area (Å²) in [6.07, 6.45) is 6.11. The molecular weight excluding hydrogens is 356 g/mol. The summed E-state index contributed by atoms with van der Waals surface area (Å²) in [6, 6.07) is 0. The van der Waals surface area contributed by atoms with Crippen LogP contribution in [0.1, 0.15) is 93.9 Å². The number of ether oxygens (including phenoxy) is 2. The maximum absolute atomic E-state index is 8.35. The molecule has 2 aliphatic heterocycles. The van der Waals surface area contributed by atoms with E-state index in [0.29, 0.717) is 0 Å². The van der Waals surface area contributed by atoms with E-state index in [1.165, 1.54) is 0 Å². The second-order valence-corrected chi connectivity index (χ2v) is 11.4. The highest BCUT2D eigenvalue weighted by molar-refractivity contribution is 4.97. The highest BCUT2D eigenvalue weighted by Crippen LogP contribution is 2.39. The van der Waals surface area contributed by atoms with Gasteiger partial charge in [0.1, 0.15) is 0 Å². The minimum Gasteiger partial charge on any atom is -0.378 e. The number of nitrogens with zero attached hydrogens (tertiary/aromatic N) is 2. The quantitative estimate of drug-likeness (QED) is 0.484. The highest BCUT2D eigenvalue weighted by atomic mass is 16.5. The summed E-state index contributed by atoms with van der Waals surface area (Å²) in [7, 11) is 0. The number of rotatable bonds is 7. The molecule has 0 spiro atoms. The molecule has 2 heterocycles. The van der Waals surface area contributed by atoms with Crippen LogP contribution in [0.4, 0.5) is 0 Å². The van der Waals surface area contributed by atoms with Gasteiger partial charge in [-0.25, -0.2) is 0 Å². The van der Waals surface area contributed by atoms with E-state index in [1.807, 2.05) is 0 Å².